The molecule has 5 heterocycles. The molecule has 9 aliphatic rings. The Bertz CT molecular complexity index is 2410. The van der Waals surface area contributed by atoms with Gasteiger partial charge in [-0.3, -0.25) is 14.1 Å². The minimum absolute atomic E-state index is 0.0982. The Balaban J connectivity index is 0.909. The molecule has 28 atom stereocenters. The molecule has 0 aromatic rings. The Hall–Kier alpha value is -2.01. The molecular formula is C54H86O26S. The lowest BCUT2D eigenvalue weighted by Gasteiger charge is -2.64. The number of esters is 1. The molecule has 3 saturated carbocycles. The molecule has 8 fully saturated rings. The van der Waals surface area contributed by atoms with E-state index in [2.05, 4.69) is 13.8 Å². The zero-order chi connectivity index (χ0) is 59.4. The van der Waals surface area contributed by atoms with E-state index in [0.29, 0.717) is 44.9 Å². The van der Waals surface area contributed by atoms with Crippen LogP contribution in [0.2, 0.25) is 0 Å². The van der Waals surface area contributed by atoms with Crippen molar-refractivity contribution in [2.24, 2.45) is 45.3 Å². The number of cyclic esters (lactones) is 1. The lowest BCUT2D eigenvalue weighted by atomic mass is 9.40. The molecule has 0 aromatic heterocycles. The molecule has 5 saturated heterocycles. The molecule has 464 valence electrons. The standard InChI is InChI=1S/C54H86O26S/c1-22(2)10-13-31(57)53(8)30-14-17-52(7)24-11-12-29-50(4,5)33(15-16-51(29,6)25(24)18-32(58)54(30,52)49(66)79-53)75-48-44(36(61)28(21-71-48)80-81(67,68)69)78-45-38(63)37(62)41(23(3)72-45)76-47-40(65)43(35(60)27(20-56)74-47)77-46-39(64)42(70-9)34(59)26(19-55)73-46/h18,22-24,26-30,32-48,55-56,58-65H,10-17,19-21H2,1-9H3,(H,67,68,69)/t23-,24-,26-,27-,28-,29+,30-,32?,33+,34-,35-,36+,37-,38-,39-,40-,41-,42+,43+,44-,45+,46+,47+,48+,51-,52+,53-,54?/m1/s1. The Morgan fingerprint density at radius 1 is 0.704 bits per heavy atom. The zero-order valence-corrected chi connectivity index (χ0v) is 48.1. The van der Waals surface area contributed by atoms with E-state index in [0.717, 1.165) is 5.57 Å². The maximum atomic E-state index is 14.4. The van der Waals surface area contributed by atoms with E-state index in [9.17, 15) is 73.6 Å². The van der Waals surface area contributed by atoms with Crippen LogP contribution in [0.3, 0.4) is 0 Å². The summed E-state index contributed by atoms with van der Waals surface area (Å²) in [5.74, 6) is -1.10. The number of carbonyl (C=O) groups is 2. The summed E-state index contributed by atoms with van der Waals surface area (Å²) in [6, 6.07) is 0. The van der Waals surface area contributed by atoms with Crippen molar-refractivity contribution in [2.45, 2.75) is 241 Å². The molecule has 1 spiro atoms. The summed E-state index contributed by atoms with van der Waals surface area (Å²) in [7, 11) is -4.01. The topological polar surface area (TPSA) is 392 Å². The minimum atomic E-state index is -5.19. The first-order chi connectivity index (χ1) is 37.9. The average Bonchev–Trinajstić information content (AvgIpc) is 1.62. The van der Waals surface area contributed by atoms with Crippen molar-refractivity contribution in [3.8, 4) is 0 Å². The first kappa shape index (κ1) is 63.5. The summed E-state index contributed by atoms with van der Waals surface area (Å²) < 4.78 is 97.8. The van der Waals surface area contributed by atoms with E-state index in [1.807, 2.05) is 33.8 Å². The van der Waals surface area contributed by atoms with Crippen LogP contribution in [0.4, 0.5) is 0 Å². The predicted octanol–water partition coefficient (Wildman–Crippen LogP) is -1.33. The normalized spacial score (nSPS) is 50.7. The van der Waals surface area contributed by atoms with Crippen molar-refractivity contribution >= 4 is 22.2 Å². The van der Waals surface area contributed by atoms with Crippen LogP contribution in [0.15, 0.2) is 11.6 Å². The maximum Gasteiger partial charge on any atom is 0.397 e. The highest BCUT2D eigenvalue weighted by Crippen LogP contribution is 2.76. The third-order valence-electron chi connectivity index (χ3n) is 20.6. The smallest absolute Gasteiger partial charge is 0.397 e. The first-order valence-corrected chi connectivity index (χ1v) is 29.8. The first-order valence-electron chi connectivity index (χ1n) is 28.4. The van der Waals surface area contributed by atoms with Gasteiger partial charge in [0.15, 0.2) is 36.5 Å². The van der Waals surface area contributed by atoms with Gasteiger partial charge in [-0.1, -0.05) is 53.2 Å². The SMILES string of the molecule is CO[C@@H]1[C@@H](O)[C@H](O[C@@H]2[C@@H](O)[C@H](O[C@H]3[C@H](O)[C@@H](O)[C@H](O[C@H]4[C@H](O[C@H]5CC[C@]6(C)C7=CC(O)C89C(=O)O[C@@](C)(C(=O)CCC(C)C)[C@H]8CC[C@@]9(C)[C@@H]7CC[C@H]6C5(C)C)OC[C@@H](OS(=O)(=O)O)[C@@H]4O)O[C@@H]3C)O[C@H](CO)[C@H]2O)O[C@H](CO)[C@H]1O. The second kappa shape index (κ2) is 23.3. The molecule has 4 aliphatic carbocycles. The summed E-state index contributed by atoms with van der Waals surface area (Å²) in [6.45, 7) is 13.3. The van der Waals surface area contributed by atoms with Crippen LogP contribution in [0.5, 0.6) is 0 Å². The number of allylic oxidation sites excluding steroid dienone is 1. The van der Waals surface area contributed by atoms with Crippen molar-refractivity contribution < 1.29 is 125 Å². The van der Waals surface area contributed by atoms with Gasteiger partial charge in [-0.15, -0.1) is 0 Å². The van der Waals surface area contributed by atoms with E-state index in [1.165, 1.54) is 14.0 Å². The van der Waals surface area contributed by atoms with Gasteiger partial charge in [0.2, 0.25) is 0 Å². The monoisotopic (exact) mass is 1180 g/mol. The molecule has 2 unspecified atom stereocenters. The van der Waals surface area contributed by atoms with Gasteiger partial charge in [0, 0.05) is 19.4 Å². The van der Waals surface area contributed by atoms with Gasteiger partial charge in [-0.2, -0.15) is 8.42 Å². The van der Waals surface area contributed by atoms with Gasteiger partial charge >= 0.3 is 16.4 Å². The van der Waals surface area contributed by atoms with E-state index in [1.54, 1.807) is 6.92 Å². The lowest BCUT2D eigenvalue weighted by Crippen LogP contribution is -2.67. The molecule has 0 aromatic carbocycles. The summed E-state index contributed by atoms with van der Waals surface area (Å²) >= 11 is 0. The van der Waals surface area contributed by atoms with Crippen molar-refractivity contribution in [3.63, 3.8) is 0 Å². The lowest BCUT2D eigenvalue weighted by molar-refractivity contribution is -0.389. The quantitative estimate of drug-likeness (QED) is 0.0348. The fourth-order valence-corrected chi connectivity index (χ4v) is 16.7. The summed E-state index contributed by atoms with van der Waals surface area (Å²) in [6.07, 6.45) is -27.9. The van der Waals surface area contributed by atoms with Crippen molar-refractivity contribution in [1.82, 2.24) is 0 Å². The number of ether oxygens (including phenoxy) is 10. The van der Waals surface area contributed by atoms with Gasteiger partial charge in [0.25, 0.3) is 0 Å². The minimum Gasteiger partial charge on any atom is -0.450 e. The summed E-state index contributed by atoms with van der Waals surface area (Å²) in [4.78, 5) is 28.4. The Morgan fingerprint density at radius 3 is 1.90 bits per heavy atom. The largest absolute Gasteiger partial charge is 0.450 e. The van der Waals surface area contributed by atoms with Crippen molar-refractivity contribution in [1.29, 1.82) is 0 Å². The van der Waals surface area contributed by atoms with Gasteiger partial charge in [0.05, 0.1) is 38.1 Å². The molecule has 81 heavy (non-hydrogen) atoms. The highest BCUT2D eigenvalue weighted by atomic mass is 32.3. The molecule has 0 bridgehead atoms. The van der Waals surface area contributed by atoms with Crippen LogP contribution in [0.25, 0.3) is 0 Å². The highest BCUT2D eigenvalue weighted by molar-refractivity contribution is 7.80. The van der Waals surface area contributed by atoms with Gasteiger partial charge in [-0.25, -0.2) is 4.18 Å². The Kier molecular flexibility index (Phi) is 18.2. The number of hydrogen-bond acceptors (Lipinski definition) is 25. The number of aliphatic hydroxyl groups excluding tert-OH is 10. The van der Waals surface area contributed by atoms with E-state index < -0.39 is 198 Å². The summed E-state index contributed by atoms with van der Waals surface area (Å²) in [5.41, 5.74) is -3.55. The fourth-order valence-electron chi connectivity index (χ4n) is 16.2. The number of fused-ring (bicyclic) bond motifs is 4. The highest BCUT2D eigenvalue weighted by Gasteiger charge is 2.80. The molecular weight excluding hydrogens is 1100 g/mol. The van der Waals surface area contributed by atoms with Crippen molar-refractivity contribution in [2.75, 3.05) is 26.9 Å². The predicted molar refractivity (Wildman–Crippen MR) is 273 cm³/mol. The molecule has 27 heteroatoms. The zero-order valence-electron chi connectivity index (χ0n) is 47.2. The molecule has 0 radical (unpaired) electrons. The summed E-state index contributed by atoms with van der Waals surface area (Å²) in [5, 5.41) is 112. The van der Waals surface area contributed by atoms with Crippen LogP contribution in [0.1, 0.15) is 107 Å². The third kappa shape index (κ3) is 10.6. The number of hydrogen-bond donors (Lipinski definition) is 11. The van der Waals surface area contributed by atoms with Crippen LogP contribution in [0, 0.1) is 45.3 Å². The van der Waals surface area contributed by atoms with Gasteiger partial charge < -0.3 is 98.4 Å². The van der Waals surface area contributed by atoms with E-state index >= 15 is 0 Å². The molecule has 0 amide bonds. The van der Waals surface area contributed by atoms with Gasteiger partial charge in [-0.05, 0) is 92.8 Å². The number of ketones is 1. The Labute approximate surface area is 471 Å². The molecule has 9 rings (SSSR count). The number of rotatable bonds is 17. The molecule has 5 aliphatic heterocycles. The van der Waals surface area contributed by atoms with Gasteiger partial charge in [0.1, 0.15) is 90.9 Å². The van der Waals surface area contributed by atoms with E-state index in [-0.39, 0.29) is 30.0 Å². The van der Waals surface area contributed by atoms with Crippen LogP contribution >= 0.6 is 0 Å². The van der Waals surface area contributed by atoms with Crippen LogP contribution < -0.4 is 0 Å². The van der Waals surface area contributed by atoms with Crippen molar-refractivity contribution in [3.05, 3.63) is 11.6 Å². The number of methoxy groups -OCH3 is 1. The van der Waals surface area contributed by atoms with E-state index in [4.69, 9.17) is 51.6 Å². The molecule has 26 nitrogen and oxygen atoms in total. The molecule has 11 N–H and O–H groups in total. The van der Waals surface area contributed by atoms with Crippen LogP contribution in [-0.4, -0.2) is 237 Å². The number of carbonyl (C=O) groups excluding carboxylic acids is 2. The second-order valence-corrected chi connectivity index (χ2v) is 26.8. The third-order valence-corrected chi connectivity index (χ3v) is 21.0. The number of Topliss-reactive ketones (excluding diaryl/α,β-unsaturated/α-hetero) is 1. The maximum absolute atomic E-state index is 14.4. The average molecular weight is 1180 g/mol. The second-order valence-electron chi connectivity index (χ2n) is 25.7. The Morgan fingerprint density at radius 2 is 1.30 bits per heavy atom. The van der Waals surface area contributed by atoms with Crippen LogP contribution in [-0.2, 0) is 71.5 Å². The number of aliphatic hydroxyl groups is 10. The fraction of sp³-hybridized carbons (Fsp3) is 0.926.